The molecule has 0 radical (unpaired) electrons. The molecule has 0 fully saturated rings. The topological polar surface area (TPSA) is 61.8 Å². The van der Waals surface area contributed by atoms with E-state index < -0.39 is 5.82 Å². The molecule has 106 valence electrons. The molecule has 0 aromatic heterocycles. The first-order valence-corrected chi connectivity index (χ1v) is 6.99. The fraction of sp³-hybridized carbons (Fsp3) is 0.462. The van der Waals surface area contributed by atoms with Gasteiger partial charge in [0.05, 0.1) is 10.2 Å². The molecule has 1 atom stereocenters. The van der Waals surface area contributed by atoms with Gasteiger partial charge in [-0.3, -0.25) is 0 Å². The summed E-state index contributed by atoms with van der Waals surface area (Å²) in [5.41, 5.74) is 6.35. The Hall–Kier alpha value is -1.30. The Kier molecular flexibility index (Phi) is 5.60. The van der Waals surface area contributed by atoms with E-state index in [0.717, 1.165) is 6.42 Å². The average molecular weight is 332 g/mol. The lowest BCUT2D eigenvalue weighted by molar-refractivity contribution is 0.318. The highest BCUT2D eigenvalue weighted by molar-refractivity contribution is 9.10. The zero-order valence-corrected chi connectivity index (χ0v) is 12.9. The molecule has 19 heavy (non-hydrogen) atoms. The number of benzene rings is 1. The molecule has 0 spiro atoms. The maximum Gasteiger partial charge on any atom is 0.171 e. The van der Waals surface area contributed by atoms with Gasteiger partial charge >= 0.3 is 0 Å². The monoisotopic (exact) mass is 331 g/mol. The Balaban J connectivity index is 3.29. The van der Waals surface area contributed by atoms with Crippen LogP contribution in [0, 0.1) is 5.82 Å². The summed E-state index contributed by atoms with van der Waals surface area (Å²) >= 11 is 3.17. The Morgan fingerprint density at radius 3 is 2.63 bits per heavy atom. The fourth-order valence-corrected chi connectivity index (χ4v) is 2.49. The lowest BCUT2D eigenvalue weighted by Gasteiger charge is -2.30. The standard InChI is InChI=1S/C13H19BrFN3O/c1-4-8(3)18(5-2)10-7-6-9(13(16)17-19)11(14)12(10)15/h6-8,19H,4-5H2,1-3H3,(H2,16,17). The van der Waals surface area contributed by atoms with Crippen LogP contribution in [0.2, 0.25) is 0 Å². The van der Waals surface area contributed by atoms with Crippen molar-refractivity contribution in [3.05, 3.63) is 28.0 Å². The Morgan fingerprint density at radius 2 is 2.16 bits per heavy atom. The smallest absolute Gasteiger partial charge is 0.171 e. The van der Waals surface area contributed by atoms with Crippen LogP contribution < -0.4 is 10.6 Å². The Morgan fingerprint density at radius 1 is 1.53 bits per heavy atom. The molecule has 0 saturated heterocycles. The molecule has 0 heterocycles. The summed E-state index contributed by atoms with van der Waals surface area (Å²) in [5.74, 6) is -0.518. The molecule has 6 heteroatoms. The van der Waals surface area contributed by atoms with Crippen LogP contribution in [0.5, 0.6) is 0 Å². The lowest BCUT2D eigenvalue weighted by Crippen LogP contribution is -2.33. The minimum atomic E-state index is -0.397. The van der Waals surface area contributed by atoms with Crippen LogP contribution in [-0.2, 0) is 0 Å². The molecular weight excluding hydrogens is 313 g/mol. The van der Waals surface area contributed by atoms with Crippen molar-refractivity contribution in [3.8, 4) is 0 Å². The molecule has 1 aromatic carbocycles. The third-order valence-corrected chi connectivity index (χ3v) is 3.99. The van der Waals surface area contributed by atoms with Crippen molar-refractivity contribution < 1.29 is 9.60 Å². The number of hydrogen-bond acceptors (Lipinski definition) is 3. The van der Waals surface area contributed by atoms with E-state index in [-0.39, 0.29) is 16.4 Å². The van der Waals surface area contributed by atoms with Gasteiger partial charge in [-0.15, -0.1) is 0 Å². The van der Waals surface area contributed by atoms with Crippen molar-refractivity contribution in [1.82, 2.24) is 0 Å². The predicted octanol–water partition coefficient (Wildman–Crippen LogP) is 3.31. The van der Waals surface area contributed by atoms with Crippen molar-refractivity contribution in [1.29, 1.82) is 0 Å². The summed E-state index contributed by atoms with van der Waals surface area (Å²) in [4.78, 5) is 1.98. The molecule has 1 unspecified atom stereocenters. The highest BCUT2D eigenvalue weighted by Gasteiger charge is 2.20. The molecule has 0 bridgehead atoms. The minimum Gasteiger partial charge on any atom is -0.409 e. The van der Waals surface area contributed by atoms with Gasteiger partial charge in [-0.25, -0.2) is 4.39 Å². The number of nitrogens with zero attached hydrogens (tertiary/aromatic N) is 2. The van der Waals surface area contributed by atoms with Gasteiger partial charge in [0.2, 0.25) is 0 Å². The van der Waals surface area contributed by atoms with E-state index >= 15 is 0 Å². The second-order valence-corrected chi connectivity index (χ2v) is 5.08. The molecule has 4 nitrogen and oxygen atoms in total. The van der Waals surface area contributed by atoms with Crippen LogP contribution in [0.25, 0.3) is 0 Å². The van der Waals surface area contributed by atoms with Crippen LogP contribution in [0.4, 0.5) is 10.1 Å². The molecule has 0 aliphatic rings. The molecule has 3 N–H and O–H groups in total. The van der Waals surface area contributed by atoms with E-state index in [2.05, 4.69) is 28.0 Å². The SMILES string of the molecule is CCC(C)N(CC)c1ccc(/C(N)=N/O)c(Br)c1F. The van der Waals surface area contributed by atoms with Crippen molar-refractivity contribution in [3.63, 3.8) is 0 Å². The molecule has 0 aliphatic carbocycles. The second-order valence-electron chi connectivity index (χ2n) is 4.29. The number of anilines is 1. The van der Waals surface area contributed by atoms with Gasteiger partial charge in [-0.2, -0.15) is 0 Å². The second kappa shape index (κ2) is 6.75. The third-order valence-electron chi connectivity index (χ3n) is 3.22. The van der Waals surface area contributed by atoms with E-state index in [0.29, 0.717) is 17.8 Å². The van der Waals surface area contributed by atoms with Crippen molar-refractivity contribution in [2.24, 2.45) is 10.9 Å². The molecule has 0 aliphatic heterocycles. The molecule has 1 aromatic rings. The summed E-state index contributed by atoms with van der Waals surface area (Å²) in [7, 11) is 0. The van der Waals surface area contributed by atoms with Gasteiger partial charge in [0, 0.05) is 18.2 Å². The van der Waals surface area contributed by atoms with E-state index in [9.17, 15) is 4.39 Å². The summed E-state index contributed by atoms with van der Waals surface area (Å²) in [5, 5.41) is 11.6. The first-order chi connectivity index (χ1) is 8.97. The van der Waals surface area contributed by atoms with Gasteiger partial charge < -0.3 is 15.8 Å². The Bertz CT molecular complexity index is 479. The average Bonchev–Trinajstić information content (AvgIpc) is 2.43. The largest absolute Gasteiger partial charge is 0.409 e. The van der Waals surface area contributed by atoms with Crippen LogP contribution in [-0.4, -0.2) is 23.6 Å². The van der Waals surface area contributed by atoms with Gasteiger partial charge in [-0.1, -0.05) is 12.1 Å². The summed E-state index contributed by atoms with van der Waals surface area (Å²) in [6.45, 7) is 6.80. The minimum absolute atomic E-state index is 0.121. The van der Waals surface area contributed by atoms with E-state index in [4.69, 9.17) is 10.9 Å². The normalized spacial score (nSPS) is 13.4. The molecular formula is C13H19BrFN3O. The number of hydrogen-bond donors (Lipinski definition) is 2. The first-order valence-electron chi connectivity index (χ1n) is 6.20. The number of amidine groups is 1. The molecule has 0 saturated carbocycles. The van der Waals surface area contributed by atoms with Gasteiger partial charge in [0.25, 0.3) is 0 Å². The van der Waals surface area contributed by atoms with Crippen molar-refractivity contribution in [2.75, 3.05) is 11.4 Å². The van der Waals surface area contributed by atoms with Crippen LogP contribution >= 0.6 is 15.9 Å². The summed E-state index contributed by atoms with van der Waals surface area (Å²) < 4.78 is 14.6. The van der Waals surface area contributed by atoms with E-state index in [1.54, 1.807) is 12.1 Å². The van der Waals surface area contributed by atoms with Crippen LogP contribution in [0.1, 0.15) is 32.8 Å². The highest BCUT2D eigenvalue weighted by atomic mass is 79.9. The summed E-state index contributed by atoms with van der Waals surface area (Å²) in [6.07, 6.45) is 0.923. The van der Waals surface area contributed by atoms with Crippen molar-refractivity contribution in [2.45, 2.75) is 33.2 Å². The van der Waals surface area contributed by atoms with Gasteiger partial charge in [-0.05, 0) is 48.3 Å². The fourth-order valence-electron chi connectivity index (χ4n) is 1.95. The number of nitrogens with two attached hydrogens (primary N) is 1. The predicted molar refractivity (Wildman–Crippen MR) is 79.4 cm³/mol. The lowest BCUT2D eigenvalue weighted by atomic mass is 10.1. The first kappa shape index (κ1) is 15.8. The third kappa shape index (κ3) is 3.18. The Labute approximate surface area is 121 Å². The quantitative estimate of drug-likeness (QED) is 0.376. The maximum absolute atomic E-state index is 14.4. The zero-order valence-electron chi connectivity index (χ0n) is 11.3. The van der Waals surface area contributed by atoms with Crippen LogP contribution in [0.3, 0.4) is 0 Å². The summed E-state index contributed by atoms with van der Waals surface area (Å²) in [6, 6.07) is 3.53. The molecule has 0 amide bonds. The number of oxime groups is 1. The van der Waals surface area contributed by atoms with E-state index in [1.165, 1.54) is 0 Å². The maximum atomic E-state index is 14.4. The number of rotatable bonds is 5. The van der Waals surface area contributed by atoms with E-state index in [1.807, 2.05) is 18.7 Å². The number of halogens is 2. The van der Waals surface area contributed by atoms with Crippen molar-refractivity contribution >= 4 is 27.5 Å². The molecule has 1 rings (SSSR count). The van der Waals surface area contributed by atoms with Gasteiger partial charge in [0.15, 0.2) is 11.7 Å². The van der Waals surface area contributed by atoms with Gasteiger partial charge in [0.1, 0.15) is 0 Å². The highest BCUT2D eigenvalue weighted by Crippen LogP contribution is 2.30. The zero-order chi connectivity index (χ0) is 14.6. The van der Waals surface area contributed by atoms with Crippen LogP contribution in [0.15, 0.2) is 21.8 Å².